The van der Waals surface area contributed by atoms with E-state index in [-0.39, 0.29) is 11.9 Å². The quantitative estimate of drug-likeness (QED) is 0.825. The van der Waals surface area contributed by atoms with Crippen molar-refractivity contribution in [2.24, 2.45) is 11.3 Å². The van der Waals surface area contributed by atoms with E-state index in [0.717, 1.165) is 31.5 Å². The van der Waals surface area contributed by atoms with E-state index < -0.39 is 5.41 Å². The highest BCUT2D eigenvalue weighted by atomic mass is 16.2. The molecule has 2 aliphatic heterocycles. The average molecular weight is 393 g/mol. The Morgan fingerprint density at radius 2 is 1.93 bits per heavy atom. The number of piperidine rings is 1. The van der Waals surface area contributed by atoms with Gasteiger partial charge in [-0.25, -0.2) is 19.9 Å². The van der Waals surface area contributed by atoms with Crippen molar-refractivity contribution < 1.29 is 4.79 Å². The molecule has 0 aromatic carbocycles. The van der Waals surface area contributed by atoms with Crippen molar-refractivity contribution in [2.75, 3.05) is 36.0 Å². The Morgan fingerprint density at radius 3 is 2.66 bits per heavy atom. The van der Waals surface area contributed by atoms with Gasteiger partial charge in [-0.1, -0.05) is 0 Å². The summed E-state index contributed by atoms with van der Waals surface area (Å²) in [6.07, 6.45) is 11.5. The summed E-state index contributed by atoms with van der Waals surface area (Å²) in [7, 11) is 0. The molecule has 3 aliphatic rings. The normalized spacial score (nSPS) is 26.3. The molecular weight excluding hydrogens is 366 g/mol. The van der Waals surface area contributed by atoms with Crippen molar-refractivity contribution in [1.82, 2.24) is 25.3 Å². The Morgan fingerprint density at radius 1 is 1.17 bits per heavy atom. The van der Waals surface area contributed by atoms with Gasteiger partial charge in [-0.15, -0.1) is 0 Å². The third kappa shape index (κ3) is 3.41. The maximum atomic E-state index is 13.5. The third-order valence-electron chi connectivity index (χ3n) is 6.46. The fourth-order valence-corrected chi connectivity index (χ4v) is 4.71. The Labute approximate surface area is 170 Å². The lowest BCUT2D eigenvalue weighted by Gasteiger charge is -2.44. The minimum absolute atomic E-state index is 0.00255. The largest absolute Gasteiger partial charge is 0.355 e. The second kappa shape index (κ2) is 7.24. The van der Waals surface area contributed by atoms with E-state index >= 15 is 0 Å². The first-order valence-corrected chi connectivity index (χ1v) is 10.5. The van der Waals surface area contributed by atoms with Gasteiger partial charge in [0, 0.05) is 51.0 Å². The Bertz CT molecular complexity index is 870. The van der Waals surface area contributed by atoms with Crippen LogP contribution >= 0.6 is 0 Å². The smallest absolute Gasteiger partial charge is 0.230 e. The zero-order chi connectivity index (χ0) is 19.8. The molecule has 152 valence electrons. The van der Waals surface area contributed by atoms with E-state index in [1.807, 2.05) is 25.4 Å². The van der Waals surface area contributed by atoms with Crippen molar-refractivity contribution in [1.29, 1.82) is 0 Å². The molecule has 0 bridgehead atoms. The predicted octanol–water partition coefficient (Wildman–Crippen LogP) is 1.58. The minimum atomic E-state index is -0.499. The molecule has 1 N–H and O–H groups in total. The van der Waals surface area contributed by atoms with Gasteiger partial charge in [0.15, 0.2) is 0 Å². The summed E-state index contributed by atoms with van der Waals surface area (Å²) < 4.78 is 0. The highest BCUT2D eigenvalue weighted by Gasteiger charge is 2.57. The zero-order valence-corrected chi connectivity index (χ0v) is 16.8. The van der Waals surface area contributed by atoms with E-state index in [0.29, 0.717) is 30.9 Å². The summed E-state index contributed by atoms with van der Waals surface area (Å²) in [5.74, 6) is 2.20. The first kappa shape index (κ1) is 18.3. The Kier molecular flexibility index (Phi) is 4.56. The summed E-state index contributed by atoms with van der Waals surface area (Å²) >= 11 is 0. The van der Waals surface area contributed by atoms with Crippen LogP contribution in [-0.2, 0) is 4.79 Å². The lowest BCUT2D eigenvalue weighted by Crippen LogP contribution is -2.59. The molecule has 0 spiro atoms. The predicted molar refractivity (Wildman–Crippen MR) is 110 cm³/mol. The summed E-state index contributed by atoms with van der Waals surface area (Å²) in [4.78, 5) is 35.9. The van der Waals surface area contributed by atoms with E-state index in [1.165, 1.54) is 12.8 Å². The average Bonchev–Trinajstić information content (AvgIpc) is 3.50. The van der Waals surface area contributed by atoms with Crippen LogP contribution in [-0.4, -0.2) is 58.1 Å². The molecule has 2 atom stereocenters. The second-order valence-corrected chi connectivity index (χ2v) is 8.61. The number of hydrogen-bond acceptors (Lipinski definition) is 7. The molecule has 2 aromatic heterocycles. The number of amides is 1. The van der Waals surface area contributed by atoms with Crippen LogP contribution in [0.1, 0.15) is 31.2 Å². The Balaban J connectivity index is 1.47. The van der Waals surface area contributed by atoms with Crippen LogP contribution in [0.3, 0.4) is 0 Å². The number of nitrogens with one attached hydrogen (secondary N) is 1. The summed E-state index contributed by atoms with van der Waals surface area (Å²) in [6.45, 7) is 4.94. The molecule has 8 heteroatoms. The monoisotopic (exact) mass is 393 g/mol. The van der Waals surface area contributed by atoms with Gasteiger partial charge < -0.3 is 15.1 Å². The van der Waals surface area contributed by atoms with Gasteiger partial charge >= 0.3 is 0 Å². The van der Waals surface area contributed by atoms with Crippen LogP contribution in [0, 0.1) is 18.3 Å². The number of nitrogens with zero attached hydrogens (tertiary/aromatic N) is 6. The van der Waals surface area contributed by atoms with E-state index in [4.69, 9.17) is 0 Å². The van der Waals surface area contributed by atoms with Crippen molar-refractivity contribution in [3.8, 4) is 0 Å². The van der Waals surface area contributed by atoms with E-state index in [9.17, 15) is 4.79 Å². The maximum absolute atomic E-state index is 13.5. The summed E-state index contributed by atoms with van der Waals surface area (Å²) in [6, 6.07) is 1.83. The maximum Gasteiger partial charge on any atom is 0.230 e. The molecule has 0 unspecified atom stereocenters. The first-order chi connectivity index (χ1) is 14.2. The van der Waals surface area contributed by atoms with Crippen LogP contribution in [0.2, 0.25) is 0 Å². The van der Waals surface area contributed by atoms with E-state index in [1.54, 1.807) is 12.4 Å². The molecule has 8 nitrogen and oxygen atoms in total. The highest BCUT2D eigenvalue weighted by Crippen LogP contribution is 2.44. The van der Waals surface area contributed by atoms with Crippen LogP contribution in [0.15, 0.2) is 30.9 Å². The molecule has 29 heavy (non-hydrogen) atoms. The minimum Gasteiger partial charge on any atom is -0.355 e. The number of rotatable bonds is 5. The fourth-order valence-electron chi connectivity index (χ4n) is 4.71. The molecule has 0 radical (unpaired) electrons. The lowest BCUT2D eigenvalue weighted by atomic mass is 9.74. The topological polar surface area (TPSA) is 87.1 Å². The fraction of sp³-hybridized carbons (Fsp3) is 0.571. The van der Waals surface area contributed by atoms with Gasteiger partial charge in [-0.3, -0.25) is 4.79 Å². The van der Waals surface area contributed by atoms with Gasteiger partial charge in [0.25, 0.3) is 0 Å². The molecule has 1 saturated carbocycles. The third-order valence-corrected chi connectivity index (χ3v) is 6.46. The Hall–Kier alpha value is -2.77. The van der Waals surface area contributed by atoms with Crippen molar-refractivity contribution in [3.05, 3.63) is 36.4 Å². The van der Waals surface area contributed by atoms with Crippen LogP contribution in [0.4, 0.5) is 11.9 Å². The van der Waals surface area contributed by atoms with Gasteiger partial charge in [0.2, 0.25) is 17.8 Å². The number of carbonyl (C=O) groups excluding carboxylic acids is 1. The molecular formula is C21H27N7O. The number of carbonyl (C=O) groups is 1. The van der Waals surface area contributed by atoms with Gasteiger partial charge in [-0.05, 0) is 50.2 Å². The van der Waals surface area contributed by atoms with Crippen molar-refractivity contribution >= 4 is 17.8 Å². The highest BCUT2D eigenvalue weighted by molar-refractivity contribution is 5.86. The van der Waals surface area contributed by atoms with Gasteiger partial charge in [0.05, 0.1) is 11.5 Å². The first-order valence-electron chi connectivity index (χ1n) is 10.5. The molecule has 1 amide bonds. The summed E-state index contributed by atoms with van der Waals surface area (Å²) in [5, 5.41) is 3.26. The van der Waals surface area contributed by atoms with Crippen LogP contribution < -0.4 is 15.1 Å². The zero-order valence-electron chi connectivity index (χ0n) is 16.8. The number of aromatic nitrogens is 4. The number of aryl methyl sites for hydroxylation is 1. The molecule has 1 aliphatic carbocycles. The SMILES string of the molecule is Cc1cnc(N2C[C@@H]3N(c4ncccn4)CCC[C@@]3(C(=O)NCC3CC3)C2)nc1. The van der Waals surface area contributed by atoms with Crippen molar-refractivity contribution in [3.63, 3.8) is 0 Å². The lowest BCUT2D eigenvalue weighted by molar-refractivity contribution is -0.131. The van der Waals surface area contributed by atoms with Crippen LogP contribution in [0.25, 0.3) is 0 Å². The number of hydrogen-bond donors (Lipinski definition) is 1. The van der Waals surface area contributed by atoms with Crippen LogP contribution in [0.5, 0.6) is 0 Å². The number of fused-ring (bicyclic) bond motifs is 1. The standard InChI is InChI=1S/C21H27N7O/c1-15-10-25-19(26-11-15)27-13-17-21(14-27,18(29)24-12-16-4-5-16)6-2-9-28(17)20-22-7-3-8-23-20/h3,7-8,10-11,16-17H,2,4-6,9,12-14H2,1H3,(H,24,29)/t17-,21+/m0/s1. The van der Waals surface area contributed by atoms with E-state index in [2.05, 4.69) is 35.1 Å². The van der Waals surface area contributed by atoms with Gasteiger partial charge in [-0.2, -0.15) is 0 Å². The second-order valence-electron chi connectivity index (χ2n) is 8.61. The van der Waals surface area contributed by atoms with Crippen molar-refractivity contribution in [2.45, 2.75) is 38.6 Å². The number of anilines is 2. The molecule has 5 rings (SSSR count). The molecule has 4 heterocycles. The molecule has 2 aromatic rings. The molecule has 2 saturated heterocycles. The van der Waals surface area contributed by atoms with Gasteiger partial charge in [0.1, 0.15) is 0 Å². The molecule has 3 fully saturated rings. The summed E-state index contributed by atoms with van der Waals surface area (Å²) in [5.41, 5.74) is 0.530.